The fourth-order valence-electron chi connectivity index (χ4n) is 1.57. The molecule has 0 fully saturated rings. The molecule has 1 aromatic rings. The molecule has 1 N–H and O–H groups in total. The van der Waals surface area contributed by atoms with Gasteiger partial charge in [0.1, 0.15) is 5.82 Å². The van der Waals surface area contributed by atoms with E-state index in [-0.39, 0.29) is 0 Å². The number of aromatic nitrogens is 2. The Morgan fingerprint density at radius 2 is 2.62 bits per heavy atom. The highest BCUT2D eigenvalue weighted by molar-refractivity contribution is 5.45. The molecule has 1 amide bonds. The highest BCUT2D eigenvalue weighted by Gasteiger charge is 2.17. The van der Waals surface area contributed by atoms with E-state index in [1.807, 2.05) is 10.9 Å². The molecule has 0 saturated carbocycles. The molecule has 5 nitrogen and oxygen atoms in total. The molecule has 0 saturated heterocycles. The van der Waals surface area contributed by atoms with Crippen molar-refractivity contribution in [3.63, 3.8) is 0 Å². The van der Waals surface area contributed by atoms with Gasteiger partial charge in [-0.25, -0.2) is 9.66 Å². The van der Waals surface area contributed by atoms with Crippen LogP contribution in [0.5, 0.6) is 0 Å². The first-order valence-electron chi connectivity index (χ1n) is 4.36. The van der Waals surface area contributed by atoms with Crippen LogP contribution in [0.25, 0.3) is 0 Å². The Labute approximate surface area is 76.3 Å². The van der Waals surface area contributed by atoms with Crippen molar-refractivity contribution in [3.8, 4) is 0 Å². The summed E-state index contributed by atoms with van der Waals surface area (Å²) in [6.45, 7) is 2.51. The van der Waals surface area contributed by atoms with E-state index in [0.29, 0.717) is 6.54 Å². The minimum Gasteiger partial charge on any atom is -0.357 e. The lowest BCUT2D eigenvalue weighted by Gasteiger charge is -2.19. The quantitative estimate of drug-likeness (QED) is 0.483. The first-order chi connectivity index (χ1) is 6.42. The maximum Gasteiger partial charge on any atom is 0.207 e. The van der Waals surface area contributed by atoms with Crippen LogP contribution in [0, 0.1) is 0 Å². The summed E-state index contributed by atoms with van der Waals surface area (Å²) in [6, 6.07) is 0. The Hall–Kier alpha value is -1.52. The van der Waals surface area contributed by atoms with Gasteiger partial charge < -0.3 is 10.3 Å². The normalized spacial score (nSPS) is 14.3. The molecule has 0 atom stereocenters. The van der Waals surface area contributed by atoms with Gasteiger partial charge in [-0.1, -0.05) is 0 Å². The van der Waals surface area contributed by atoms with Gasteiger partial charge in [0.05, 0.1) is 6.54 Å². The van der Waals surface area contributed by atoms with E-state index in [1.54, 1.807) is 6.20 Å². The van der Waals surface area contributed by atoms with Crippen LogP contribution < -0.4 is 10.3 Å². The van der Waals surface area contributed by atoms with Crippen molar-refractivity contribution in [1.29, 1.82) is 0 Å². The summed E-state index contributed by atoms with van der Waals surface area (Å²) in [4.78, 5) is 14.2. The number of nitrogens with one attached hydrogen (secondary N) is 1. The van der Waals surface area contributed by atoms with E-state index in [2.05, 4.69) is 15.3 Å². The van der Waals surface area contributed by atoms with Gasteiger partial charge in [0.25, 0.3) is 0 Å². The molecule has 13 heavy (non-hydrogen) atoms. The van der Waals surface area contributed by atoms with Crippen LogP contribution in [-0.4, -0.2) is 35.7 Å². The molecule has 2 rings (SSSR count). The number of nitrogens with zero attached hydrogens (tertiary/aromatic N) is 3. The summed E-state index contributed by atoms with van der Waals surface area (Å²) in [7, 11) is 0. The first-order valence-corrected chi connectivity index (χ1v) is 4.36. The molecule has 1 aliphatic rings. The third-order valence-corrected chi connectivity index (χ3v) is 2.19. The number of carbonyl (C=O) groups is 1. The number of hydrogen-bond donors (Lipinski definition) is 1. The van der Waals surface area contributed by atoms with Crippen LogP contribution in [0.1, 0.15) is 5.82 Å². The molecule has 1 aromatic heterocycles. The minimum absolute atomic E-state index is 0.682. The number of amides is 1. The van der Waals surface area contributed by atoms with Crippen molar-refractivity contribution in [3.05, 3.63) is 18.2 Å². The number of hydrogen-bond acceptors (Lipinski definition) is 3. The fraction of sp³-hybridized carbons (Fsp3) is 0.500. The molecule has 2 heterocycles. The van der Waals surface area contributed by atoms with Crippen LogP contribution in [0.3, 0.4) is 0 Å². The molecule has 1 aliphatic heterocycles. The van der Waals surface area contributed by atoms with Crippen molar-refractivity contribution in [2.75, 3.05) is 24.6 Å². The summed E-state index contributed by atoms with van der Waals surface area (Å²) in [5, 5.41) is 4.81. The zero-order chi connectivity index (χ0) is 9.10. The summed E-state index contributed by atoms with van der Waals surface area (Å²) in [5.41, 5.74) is 0. The van der Waals surface area contributed by atoms with E-state index in [9.17, 15) is 4.79 Å². The van der Waals surface area contributed by atoms with Crippen molar-refractivity contribution in [1.82, 2.24) is 15.0 Å². The monoisotopic (exact) mass is 180 g/mol. The lowest BCUT2D eigenvalue weighted by molar-refractivity contribution is -0.109. The average Bonchev–Trinajstić information content (AvgIpc) is 2.68. The number of carbonyl (C=O) groups excluding carboxylic acids is 1. The highest BCUT2D eigenvalue weighted by atomic mass is 16.1. The van der Waals surface area contributed by atoms with E-state index in [4.69, 9.17) is 0 Å². The van der Waals surface area contributed by atoms with E-state index in [1.165, 1.54) is 0 Å². The van der Waals surface area contributed by atoms with Crippen molar-refractivity contribution in [2.45, 2.75) is 6.42 Å². The van der Waals surface area contributed by atoms with Crippen LogP contribution in [0.15, 0.2) is 12.4 Å². The maximum absolute atomic E-state index is 10.0. The molecule has 0 radical (unpaired) electrons. The lowest BCUT2D eigenvalue weighted by atomic mass is 10.4. The van der Waals surface area contributed by atoms with Gasteiger partial charge in [-0.2, -0.15) is 0 Å². The zero-order valence-corrected chi connectivity index (χ0v) is 7.31. The Balaban J connectivity index is 1.92. The lowest BCUT2D eigenvalue weighted by Crippen LogP contribution is -2.36. The molecule has 70 valence electrons. The minimum atomic E-state index is 0.682. The second-order valence-electron chi connectivity index (χ2n) is 2.96. The molecular weight excluding hydrogens is 168 g/mol. The number of rotatable bonds is 4. The van der Waals surface area contributed by atoms with Crippen molar-refractivity contribution < 1.29 is 4.79 Å². The summed E-state index contributed by atoms with van der Waals surface area (Å²) >= 11 is 0. The first kappa shape index (κ1) is 8.10. The predicted octanol–water partition coefficient (Wildman–Crippen LogP) is -0.877. The van der Waals surface area contributed by atoms with E-state index in [0.717, 1.165) is 31.7 Å². The zero-order valence-electron chi connectivity index (χ0n) is 7.31. The molecule has 0 aliphatic carbocycles. The third kappa shape index (κ3) is 1.49. The van der Waals surface area contributed by atoms with E-state index >= 15 is 0 Å². The van der Waals surface area contributed by atoms with Crippen molar-refractivity contribution in [2.24, 2.45) is 0 Å². The smallest absolute Gasteiger partial charge is 0.207 e. The predicted molar refractivity (Wildman–Crippen MR) is 47.9 cm³/mol. The van der Waals surface area contributed by atoms with Crippen LogP contribution in [-0.2, 0) is 11.2 Å². The van der Waals surface area contributed by atoms with Gasteiger partial charge in [0.15, 0.2) is 0 Å². The summed E-state index contributed by atoms with van der Waals surface area (Å²) in [6.07, 6.45) is 5.47. The Morgan fingerprint density at radius 1 is 1.69 bits per heavy atom. The topological polar surface area (TPSA) is 50.2 Å². The molecule has 0 aromatic carbocycles. The second-order valence-corrected chi connectivity index (χ2v) is 2.96. The van der Waals surface area contributed by atoms with Gasteiger partial charge in [-0.3, -0.25) is 4.79 Å². The second kappa shape index (κ2) is 3.47. The van der Waals surface area contributed by atoms with Gasteiger partial charge in [-0.15, -0.1) is 0 Å². The molecular formula is C8H12N4O. The standard InChI is InChI=1S/C8H12N4O/c13-7-9-2-5-11-4-1-8-10-3-6-12(8)11/h3,6-7H,1-2,4-5H2,(H,9,13). The van der Waals surface area contributed by atoms with Crippen LogP contribution >= 0.6 is 0 Å². The number of fused-ring (bicyclic) bond motifs is 1. The average molecular weight is 180 g/mol. The highest BCUT2D eigenvalue weighted by Crippen LogP contribution is 2.08. The van der Waals surface area contributed by atoms with Gasteiger partial charge in [0.2, 0.25) is 6.41 Å². The van der Waals surface area contributed by atoms with Gasteiger partial charge >= 0.3 is 0 Å². The maximum atomic E-state index is 10.0. The third-order valence-electron chi connectivity index (χ3n) is 2.19. The van der Waals surface area contributed by atoms with Crippen LogP contribution in [0.4, 0.5) is 0 Å². The Morgan fingerprint density at radius 3 is 3.46 bits per heavy atom. The van der Waals surface area contributed by atoms with Crippen LogP contribution in [0.2, 0.25) is 0 Å². The molecule has 5 heteroatoms. The number of imidazole rings is 1. The van der Waals surface area contributed by atoms with Crippen molar-refractivity contribution >= 4 is 6.41 Å². The largest absolute Gasteiger partial charge is 0.357 e. The summed E-state index contributed by atoms with van der Waals surface area (Å²) < 4.78 is 2.05. The Bertz CT molecular complexity index is 296. The fourth-order valence-corrected chi connectivity index (χ4v) is 1.57. The van der Waals surface area contributed by atoms with Gasteiger partial charge in [-0.05, 0) is 0 Å². The molecule has 0 unspecified atom stereocenters. The summed E-state index contributed by atoms with van der Waals surface area (Å²) in [5.74, 6) is 1.10. The Kier molecular flexibility index (Phi) is 2.16. The molecule has 0 spiro atoms. The molecule has 0 bridgehead atoms. The van der Waals surface area contributed by atoms with Gasteiger partial charge in [0, 0.05) is 31.9 Å². The SMILES string of the molecule is O=CNCCN1CCc2nccn21. The van der Waals surface area contributed by atoms with E-state index < -0.39 is 0 Å².